The lowest BCUT2D eigenvalue weighted by Gasteiger charge is -2.15. The van der Waals surface area contributed by atoms with Crippen molar-refractivity contribution in [1.29, 1.82) is 0 Å². The summed E-state index contributed by atoms with van der Waals surface area (Å²) in [5.41, 5.74) is -0.0201. The Bertz CT molecular complexity index is 769. The molecule has 0 bridgehead atoms. The Hall–Kier alpha value is -1.86. The van der Waals surface area contributed by atoms with Gasteiger partial charge >= 0.3 is 6.03 Å². The van der Waals surface area contributed by atoms with E-state index in [0.717, 1.165) is 14.3 Å². The van der Waals surface area contributed by atoms with Crippen molar-refractivity contribution in [3.63, 3.8) is 0 Å². The third-order valence-electron chi connectivity index (χ3n) is 3.43. The largest absolute Gasteiger partial charge is 0.332 e. The molecule has 23 heavy (non-hydrogen) atoms. The summed E-state index contributed by atoms with van der Waals surface area (Å²) in [4.78, 5) is 28.0. The highest BCUT2D eigenvalue weighted by molar-refractivity contribution is 9.10. The minimum atomic E-state index is -0.719. The van der Waals surface area contributed by atoms with Gasteiger partial charge in [-0.25, -0.2) is 14.1 Å². The number of imide groups is 1. The molecule has 2 aromatic carbocycles. The average molecular weight is 395 g/mol. The predicted molar refractivity (Wildman–Crippen MR) is 90.8 cm³/mol. The van der Waals surface area contributed by atoms with Crippen molar-refractivity contribution < 1.29 is 14.0 Å². The highest BCUT2D eigenvalue weighted by Crippen LogP contribution is 2.35. The molecule has 0 N–H and O–H groups in total. The molecule has 4 nitrogen and oxygen atoms in total. The average Bonchev–Trinajstić information content (AvgIpc) is 2.74. The monoisotopic (exact) mass is 394 g/mol. The fourth-order valence-corrected chi connectivity index (χ4v) is 3.52. The quantitative estimate of drug-likeness (QED) is 0.735. The van der Waals surface area contributed by atoms with E-state index in [2.05, 4.69) is 15.9 Å². The summed E-state index contributed by atoms with van der Waals surface area (Å²) in [6, 6.07) is 12.6. The molecule has 7 heteroatoms. The second-order valence-electron chi connectivity index (χ2n) is 4.94. The summed E-state index contributed by atoms with van der Waals surface area (Å²) >= 11 is 4.60. The van der Waals surface area contributed by atoms with Crippen molar-refractivity contribution >= 4 is 45.3 Å². The van der Waals surface area contributed by atoms with Crippen molar-refractivity contribution in [2.24, 2.45) is 0 Å². The van der Waals surface area contributed by atoms with Gasteiger partial charge in [0.25, 0.3) is 5.91 Å². The first kappa shape index (κ1) is 16.0. The van der Waals surface area contributed by atoms with Gasteiger partial charge in [-0.1, -0.05) is 39.8 Å². The molecular weight excluding hydrogens is 383 g/mol. The predicted octanol–water partition coefficient (Wildman–Crippen LogP) is 4.11. The number of carbonyl (C=O) groups excluding carboxylic acids is 2. The number of halogens is 2. The minimum absolute atomic E-state index is 0.0201. The normalized spacial score (nSPS) is 18.0. The Balaban J connectivity index is 1.89. The molecule has 0 aliphatic carbocycles. The van der Waals surface area contributed by atoms with E-state index < -0.39 is 23.1 Å². The van der Waals surface area contributed by atoms with Crippen LogP contribution in [0.3, 0.4) is 0 Å². The molecule has 1 aliphatic rings. The van der Waals surface area contributed by atoms with Crippen LogP contribution in [0.2, 0.25) is 0 Å². The topological polar surface area (TPSA) is 40.6 Å². The first-order valence-electron chi connectivity index (χ1n) is 6.76. The number of thioether (sulfide) groups is 1. The molecule has 3 amide bonds. The van der Waals surface area contributed by atoms with E-state index in [1.807, 2.05) is 24.3 Å². The number of anilines is 1. The van der Waals surface area contributed by atoms with Crippen LogP contribution in [0.1, 0.15) is 0 Å². The molecule has 0 spiro atoms. The summed E-state index contributed by atoms with van der Waals surface area (Å²) in [5.74, 6) is -1.05. The second-order valence-corrected chi connectivity index (χ2v) is 7.01. The van der Waals surface area contributed by atoms with Gasteiger partial charge in [-0.2, -0.15) is 0 Å². The number of likely N-dealkylation sites (N-methyl/N-ethyl adjacent to an activating group) is 1. The zero-order chi connectivity index (χ0) is 16.6. The van der Waals surface area contributed by atoms with E-state index >= 15 is 0 Å². The molecule has 2 aromatic rings. The lowest BCUT2D eigenvalue weighted by Crippen LogP contribution is -2.32. The molecule has 0 aromatic heterocycles. The molecule has 1 saturated heterocycles. The number of urea groups is 1. The van der Waals surface area contributed by atoms with E-state index in [1.165, 1.54) is 41.9 Å². The first-order valence-corrected chi connectivity index (χ1v) is 8.44. The third-order valence-corrected chi connectivity index (χ3v) is 5.25. The molecule has 0 radical (unpaired) electrons. The number of hydrogen-bond acceptors (Lipinski definition) is 3. The van der Waals surface area contributed by atoms with Crippen LogP contribution < -0.4 is 4.90 Å². The Morgan fingerprint density at radius 2 is 1.74 bits per heavy atom. The standard InChI is InChI=1S/C16H12BrFN2O2S/c1-19-15(23-11-8-6-10(17)7-9-11)14(21)20(16(19)22)13-5-3-2-4-12(13)18/h2-9,15H,1H3. The van der Waals surface area contributed by atoms with Crippen molar-refractivity contribution in [2.75, 3.05) is 11.9 Å². The molecule has 0 saturated carbocycles. The second kappa shape index (κ2) is 6.33. The smallest absolute Gasteiger partial charge is 0.306 e. The van der Waals surface area contributed by atoms with Gasteiger partial charge in [-0.05, 0) is 36.4 Å². The maximum absolute atomic E-state index is 13.9. The maximum atomic E-state index is 13.9. The van der Waals surface area contributed by atoms with Crippen molar-refractivity contribution in [3.05, 3.63) is 58.8 Å². The summed E-state index contributed by atoms with van der Waals surface area (Å²) in [7, 11) is 1.54. The van der Waals surface area contributed by atoms with Gasteiger partial charge in [0.15, 0.2) is 5.37 Å². The van der Waals surface area contributed by atoms with Crippen LogP contribution >= 0.6 is 27.7 Å². The lowest BCUT2D eigenvalue weighted by molar-refractivity contribution is -0.117. The number of rotatable bonds is 3. The van der Waals surface area contributed by atoms with Gasteiger partial charge in [-0.3, -0.25) is 4.79 Å². The summed E-state index contributed by atoms with van der Waals surface area (Å²) in [5, 5.41) is -0.719. The minimum Gasteiger partial charge on any atom is -0.306 e. The molecule has 118 valence electrons. The van der Waals surface area contributed by atoms with Gasteiger partial charge in [-0.15, -0.1) is 0 Å². The van der Waals surface area contributed by atoms with Gasteiger partial charge in [0.2, 0.25) is 0 Å². The Morgan fingerprint density at radius 1 is 1.09 bits per heavy atom. The number of amides is 3. The summed E-state index contributed by atoms with van der Waals surface area (Å²) in [6.45, 7) is 0. The number of para-hydroxylation sites is 1. The highest BCUT2D eigenvalue weighted by atomic mass is 79.9. The van der Waals surface area contributed by atoms with Crippen LogP contribution in [-0.2, 0) is 4.79 Å². The number of benzene rings is 2. The van der Waals surface area contributed by atoms with Gasteiger partial charge < -0.3 is 4.90 Å². The van der Waals surface area contributed by atoms with Gasteiger partial charge in [0.05, 0.1) is 5.69 Å². The van der Waals surface area contributed by atoms with Crippen molar-refractivity contribution in [2.45, 2.75) is 10.3 Å². The first-order chi connectivity index (χ1) is 11.0. The Kier molecular flexibility index (Phi) is 4.41. The van der Waals surface area contributed by atoms with Crippen LogP contribution in [0.5, 0.6) is 0 Å². The van der Waals surface area contributed by atoms with Gasteiger partial charge in [0, 0.05) is 16.4 Å². The number of nitrogens with zero attached hydrogens (tertiary/aromatic N) is 2. The lowest BCUT2D eigenvalue weighted by atomic mass is 10.3. The summed E-state index contributed by atoms with van der Waals surface area (Å²) in [6.07, 6.45) is 0. The van der Waals surface area contributed by atoms with E-state index in [9.17, 15) is 14.0 Å². The zero-order valence-electron chi connectivity index (χ0n) is 12.1. The molecule has 1 fully saturated rings. The SMILES string of the molecule is CN1C(=O)N(c2ccccc2F)C(=O)C1Sc1ccc(Br)cc1. The highest BCUT2D eigenvalue weighted by Gasteiger charge is 2.45. The Morgan fingerprint density at radius 3 is 2.39 bits per heavy atom. The van der Waals surface area contributed by atoms with Crippen molar-refractivity contribution in [3.8, 4) is 0 Å². The van der Waals surface area contributed by atoms with Crippen LogP contribution in [0.4, 0.5) is 14.9 Å². The van der Waals surface area contributed by atoms with E-state index in [1.54, 1.807) is 6.07 Å². The summed E-state index contributed by atoms with van der Waals surface area (Å²) < 4.78 is 14.9. The molecule has 1 heterocycles. The van der Waals surface area contributed by atoms with Crippen LogP contribution in [0, 0.1) is 5.82 Å². The number of hydrogen-bond donors (Lipinski definition) is 0. The maximum Gasteiger partial charge on any atom is 0.332 e. The molecule has 1 aliphatic heterocycles. The van der Waals surface area contributed by atoms with Crippen molar-refractivity contribution in [1.82, 2.24) is 4.90 Å². The Labute approximate surface area is 145 Å². The van der Waals surface area contributed by atoms with Gasteiger partial charge in [0.1, 0.15) is 5.82 Å². The molecule has 1 unspecified atom stereocenters. The molecular formula is C16H12BrFN2O2S. The fourth-order valence-electron chi connectivity index (χ4n) is 2.25. The van der Waals surface area contributed by atoms with E-state index in [-0.39, 0.29) is 5.69 Å². The molecule has 1 atom stereocenters. The van der Waals surface area contributed by atoms with E-state index in [4.69, 9.17) is 0 Å². The number of carbonyl (C=O) groups is 2. The van der Waals surface area contributed by atoms with Crippen LogP contribution in [0.25, 0.3) is 0 Å². The fraction of sp³-hybridized carbons (Fsp3) is 0.125. The molecule has 3 rings (SSSR count). The van der Waals surface area contributed by atoms with Crippen LogP contribution in [-0.4, -0.2) is 29.3 Å². The van der Waals surface area contributed by atoms with Crippen LogP contribution in [0.15, 0.2) is 57.9 Å². The third kappa shape index (κ3) is 2.98. The van der Waals surface area contributed by atoms with E-state index in [0.29, 0.717) is 0 Å². The zero-order valence-corrected chi connectivity index (χ0v) is 14.5.